The minimum absolute atomic E-state index is 0.336. The Morgan fingerprint density at radius 1 is 1.50 bits per heavy atom. The van der Waals surface area contributed by atoms with Crippen LogP contribution in [0.25, 0.3) is 0 Å². The van der Waals surface area contributed by atoms with Crippen LogP contribution in [0, 0.1) is 0 Å². The molecule has 0 aromatic carbocycles. The Labute approximate surface area is 93.3 Å². The van der Waals surface area contributed by atoms with Crippen LogP contribution in [0.1, 0.15) is 16.1 Å². The van der Waals surface area contributed by atoms with Crippen molar-refractivity contribution in [2.75, 3.05) is 26.3 Å². The monoisotopic (exact) mass is 225 g/mol. The molecule has 0 atom stereocenters. The van der Waals surface area contributed by atoms with Gasteiger partial charge >= 0.3 is 0 Å². The summed E-state index contributed by atoms with van der Waals surface area (Å²) in [5, 5.41) is 0. The number of nitrogens with zero attached hydrogens (tertiary/aromatic N) is 1. The van der Waals surface area contributed by atoms with Crippen molar-refractivity contribution < 1.29 is 13.9 Å². The first-order chi connectivity index (χ1) is 7.79. The van der Waals surface area contributed by atoms with Gasteiger partial charge in [0.15, 0.2) is 0 Å². The summed E-state index contributed by atoms with van der Waals surface area (Å²) in [6.07, 6.45) is 1.41. The molecule has 2 rings (SSSR count). The zero-order chi connectivity index (χ0) is 11.4. The number of nitrogen functional groups attached to an aromatic ring is 1. The van der Waals surface area contributed by atoms with Crippen LogP contribution in [-0.4, -0.2) is 37.1 Å². The van der Waals surface area contributed by atoms with Crippen molar-refractivity contribution in [1.82, 2.24) is 10.3 Å². The molecule has 1 aromatic rings. The van der Waals surface area contributed by atoms with Crippen molar-refractivity contribution in [2.45, 2.75) is 6.54 Å². The van der Waals surface area contributed by atoms with Gasteiger partial charge in [-0.15, -0.1) is 0 Å². The molecule has 1 amide bonds. The molecule has 16 heavy (non-hydrogen) atoms. The normalized spacial score (nSPS) is 17.3. The Morgan fingerprint density at radius 2 is 2.25 bits per heavy atom. The second-order valence-electron chi connectivity index (χ2n) is 3.66. The predicted molar refractivity (Wildman–Crippen MR) is 56.5 cm³/mol. The smallest absolute Gasteiger partial charge is 0.268 e. The van der Waals surface area contributed by atoms with E-state index in [0.29, 0.717) is 12.1 Å². The Kier molecular flexibility index (Phi) is 3.55. The maximum atomic E-state index is 11.2. The number of hydrogen-bond acceptors (Lipinski definition) is 5. The molecule has 1 aromatic heterocycles. The number of amides is 1. The largest absolute Gasteiger partial charge is 0.467 e. The van der Waals surface area contributed by atoms with Gasteiger partial charge in [0.1, 0.15) is 12.0 Å². The Morgan fingerprint density at radius 3 is 2.94 bits per heavy atom. The standard InChI is InChI=1S/C10H15N3O3/c11-12-10(14)8-5-9(16-7-8)6-13-1-3-15-4-2-13/h5,7H,1-4,6,11H2,(H,12,14). The van der Waals surface area contributed by atoms with E-state index in [1.54, 1.807) is 6.07 Å². The first-order valence-electron chi connectivity index (χ1n) is 5.18. The highest BCUT2D eigenvalue weighted by Gasteiger charge is 2.14. The topological polar surface area (TPSA) is 80.7 Å². The average molecular weight is 225 g/mol. The fraction of sp³-hybridized carbons (Fsp3) is 0.500. The first-order valence-corrected chi connectivity index (χ1v) is 5.18. The number of ether oxygens (including phenoxy) is 1. The van der Waals surface area contributed by atoms with Gasteiger partial charge < -0.3 is 9.15 Å². The van der Waals surface area contributed by atoms with Gasteiger partial charge in [-0.2, -0.15) is 0 Å². The number of hydrazine groups is 1. The van der Waals surface area contributed by atoms with Crippen molar-refractivity contribution in [3.05, 3.63) is 23.7 Å². The maximum absolute atomic E-state index is 11.2. The molecule has 0 bridgehead atoms. The number of rotatable bonds is 3. The van der Waals surface area contributed by atoms with Gasteiger partial charge in [0.25, 0.3) is 5.91 Å². The molecule has 2 heterocycles. The van der Waals surface area contributed by atoms with Crippen LogP contribution < -0.4 is 11.3 Å². The van der Waals surface area contributed by atoms with Gasteiger partial charge in [-0.05, 0) is 6.07 Å². The van der Waals surface area contributed by atoms with E-state index in [4.69, 9.17) is 15.0 Å². The van der Waals surface area contributed by atoms with Gasteiger partial charge in [-0.3, -0.25) is 15.1 Å². The molecule has 0 radical (unpaired) electrons. The molecular weight excluding hydrogens is 210 g/mol. The number of carbonyl (C=O) groups excluding carboxylic acids is 1. The molecule has 6 nitrogen and oxygen atoms in total. The summed E-state index contributed by atoms with van der Waals surface area (Å²) in [5.74, 6) is 5.46. The molecular formula is C10H15N3O3. The molecule has 3 N–H and O–H groups in total. The molecule has 0 spiro atoms. The Balaban J connectivity index is 1.94. The Bertz CT molecular complexity index is 358. The lowest BCUT2D eigenvalue weighted by molar-refractivity contribution is 0.0313. The third kappa shape index (κ3) is 2.60. The van der Waals surface area contributed by atoms with Crippen LogP contribution in [0.2, 0.25) is 0 Å². The average Bonchev–Trinajstić information content (AvgIpc) is 2.78. The van der Waals surface area contributed by atoms with Gasteiger partial charge in [-0.1, -0.05) is 0 Å². The molecule has 0 unspecified atom stereocenters. The van der Waals surface area contributed by atoms with Gasteiger partial charge in [-0.25, -0.2) is 5.84 Å². The summed E-state index contributed by atoms with van der Waals surface area (Å²) in [6.45, 7) is 3.97. The van der Waals surface area contributed by atoms with Crippen molar-refractivity contribution in [2.24, 2.45) is 5.84 Å². The van der Waals surface area contributed by atoms with E-state index < -0.39 is 0 Å². The number of furan rings is 1. The molecule has 6 heteroatoms. The molecule has 1 aliphatic heterocycles. The highest BCUT2D eigenvalue weighted by molar-refractivity contribution is 5.93. The number of carbonyl (C=O) groups is 1. The van der Waals surface area contributed by atoms with Crippen molar-refractivity contribution >= 4 is 5.91 Å². The molecule has 0 saturated carbocycles. The minimum atomic E-state index is -0.336. The zero-order valence-electron chi connectivity index (χ0n) is 8.94. The summed E-state index contributed by atoms with van der Waals surface area (Å²) in [5.41, 5.74) is 2.52. The maximum Gasteiger partial charge on any atom is 0.268 e. The first kappa shape index (κ1) is 11.1. The quantitative estimate of drug-likeness (QED) is 0.420. The number of morpholine rings is 1. The number of nitrogens with one attached hydrogen (secondary N) is 1. The minimum Gasteiger partial charge on any atom is -0.467 e. The number of nitrogens with two attached hydrogens (primary N) is 1. The second-order valence-corrected chi connectivity index (χ2v) is 3.66. The fourth-order valence-electron chi connectivity index (χ4n) is 1.65. The molecule has 1 fully saturated rings. The lowest BCUT2D eigenvalue weighted by Crippen LogP contribution is -2.35. The van der Waals surface area contributed by atoms with Crippen LogP contribution in [0.15, 0.2) is 16.7 Å². The van der Waals surface area contributed by atoms with E-state index in [2.05, 4.69) is 10.3 Å². The lowest BCUT2D eigenvalue weighted by atomic mass is 10.3. The third-order valence-electron chi connectivity index (χ3n) is 2.53. The lowest BCUT2D eigenvalue weighted by Gasteiger charge is -2.25. The van der Waals surface area contributed by atoms with Crippen molar-refractivity contribution in [3.8, 4) is 0 Å². The van der Waals surface area contributed by atoms with E-state index in [0.717, 1.165) is 32.1 Å². The summed E-state index contributed by atoms with van der Waals surface area (Å²) >= 11 is 0. The predicted octanol–water partition coefficient (Wildman–Crippen LogP) is -0.285. The van der Waals surface area contributed by atoms with Crippen LogP contribution >= 0.6 is 0 Å². The summed E-state index contributed by atoms with van der Waals surface area (Å²) in [7, 11) is 0. The van der Waals surface area contributed by atoms with Gasteiger partial charge in [0.05, 0.1) is 25.3 Å². The van der Waals surface area contributed by atoms with E-state index in [9.17, 15) is 4.79 Å². The van der Waals surface area contributed by atoms with E-state index in [1.807, 2.05) is 0 Å². The molecule has 0 aliphatic carbocycles. The highest BCUT2D eigenvalue weighted by atomic mass is 16.5. The Hall–Kier alpha value is -1.37. The molecule has 1 aliphatic rings. The van der Waals surface area contributed by atoms with Gasteiger partial charge in [0.2, 0.25) is 0 Å². The summed E-state index contributed by atoms with van der Waals surface area (Å²) in [6, 6.07) is 1.71. The fourth-order valence-corrected chi connectivity index (χ4v) is 1.65. The SMILES string of the molecule is NNC(=O)c1coc(CN2CCOCC2)c1. The van der Waals surface area contributed by atoms with Crippen molar-refractivity contribution in [3.63, 3.8) is 0 Å². The van der Waals surface area contributed by atoms with Gasteiger partial charge in [0, 0.05) is 13.1 Å². The summed E-state index contributed by atoms with van der Waals surface area (Å²) in [4.78, 5) is 13.4. The van der Waals surface area contributed by atoms with Crippen LogP contribution in [0.3, 0.4) is 0 Å². The number of hydrogen-bond donors (Lipinski definition) is 2. The highest BCUT2D eigenvalue weighted by Crippen LogP contribution is 2.11. The van der Waals surface area contributed by atoms with Crippen molar-refractivity contribution in [1.29, 1.82) is 0 Å². The van der Waals surface area contributed by atoms with E-state index in [1.165, 1.54) is 6.26 Å². The van der Waals surface area contributed by atoms with Crippen LogP contribution in [-0.2, 0) is 11.3 Å². The van der Waals surface area contributed by atoms with E-state index in [-0.39, 0.29) is 5.91 Å². The van der Waals surface area contributed by atoms with Crippen LogP contribution in [0.4, 0.5) is 0 Å². The van der Waals surface area contributed by atoms with Crippen LogP contribution in [0.5, 0.6) is 0 Å². The van der Waals surface area contributed by atoms with E-state index >= 15 is 0 Å². The zero-order valence-corrected chi connectivity index (χ0v) is 8.94. The summed E-state index contributed by atoms with van der Waals surface area (Å²) < 4.78 is 10.5. The second kappa shape index (κ2) is 5.11. The molecule has 1 saturated heterocycles. The molecule has 88 valence electrons. The third-order valence-corrected chi connectivity index (χ3v) is 2.53.